The van der Waals surface area contributed by atoms with Gasteiger partial charge in [0.1, 0.15) is 0 Å². The molecule has 0 saturated heterocycles. The summed E-state index contributed by atoms with van der Waals surface area (Å²) in [6.07, 6.45) is 1.12. The molecule has 86 valence electrons. The summed E-state index contributed by atoms with van der Waals surface area (Å²) in [5, 5.41) is 4.18. The van der Waals surface area contributed by atoms with Crippen LogP contribution >= 0.6 is 11.6 Å². The number of halogens is 1. The van der Waals surface area contributed by atoms with Crippen LogP contribution in [-0.2, 0) is 6.42 Å². The Morgan fingerprint density at radius 1 is 1.12 bits per heavy atom. The summed E-state index contributed by atoms with van der Waals surface area (Å²) in [4.78, 5) is 0. The van der Waals surface area contributed by atoms with Crippen LogP contribution in [0.3, 0.4) is 0 Å². The number of hydrogen-bond acceptors (Lipinski definition) is 1. The fourth-order valence-electron chi connectivity index (χ4n) is 2.42. The second-order valence-electron chi connectivity index (χ2n) is 4.51. The number of benzene rings is 2. The molecule has 0 fully saturated rings. The van der Waals surface area contributed by atoms with Crippen molar-refractivity contribution in [2.75, 3.05) is 11.9 Å². The molecule has 0 radical (unpaired) electrons. The standard InChI is InChI=1S/C15H14ClN/c1-10-8-13(16)3-4-14(10)11-2-5-15-12(9-11)6-7-17-15/h2-5,8-9,17H,6-7H2,1H3. The second-order valence-corrected chi connectivity index (χ2v) is 4.94. The first-order valence-corrected chi connectivity index (χ1v) is 6.25. The highest BCUT2D eigenvalue weighted by atomic mass is 35.5. The lowest BCUT2D eigenvalue weighted by atomic mass is 9.98. The van der Waals surface area contributed by atoms with Crippen molar-refractivity contribution in [2.45, 2.75) is 13.3 Å². The molecule has 1 N–H and O–H groups in total. The maximum atomic E-state index is 5.99. The van der Waals surface area contributed by atoms with Crippen LogP contribution in [0.5, 0.6) is 0 Å². The van der Waals surface area contributed by atoms with Crippen molar-refractivity contribution in [3.8, 4) is 11.1 Å². The number of aryl methyl sites for hydroxylation is 1. The summed E-state index contributed by atoms with van der Waals surface area (Å²) in [7, 11) is 0. The van der Waals surface area contributed by atoms with Gasteiger partial charge >= 0.3 is 0 Å². The van der Waals surface area contributed by atoms with E-state index in [0.29, 0.717) is 0 Å². The molecular formula is C15H14ClN. The molecule has 0 bridgehead atoms. The van der Waals surface area contributed by atoms with Crippen LogP contribution in [0.15, 0.2) is 36.4 Å². The fourth-order valence-corrected chi connectivity index (χ4v) is 2.65. The number of anilines is 1. The number of rotatable bonds is 1. The van der Waals surface area contributed by atoms with Crippen LogP contribution in [0, 0.1) is 6.92 Å². The minimum absolute atomic E-state index is 0.800. The summed E-state index contributed by atoms with van der Waals surface area (Å²) in [6.45, 7) is 3.16. The molecule has 2 aromatic rings. The van der Waals surface area contributed by atoms with E-state index in [2.05, 4.69) is 36.5 Å². The minimum atomic E-state index is 0.800. The lowest BCUT2D eigenvalue weighted by molar-refractivity contribution is 1.11. The molecule has 1 aliphatic heterocycles. The highest BCUT2D eigenvalue weighted by Gasteiger charge is 2.11. The SMILES string of the molecule is Cc1cc(Cl)ccc1-c1ccc2c(c1)CCN2. The molecule has 0 atom stereocenters. The number of fused-ring (bicyclic) bond motifs is 1. The highest BCUT2D eigenvalue weighted by Crippen LogP contribution is 2.31. The largest absolute Gasteiger partial charge is 0.384 e. The quantitative estimate of drug-likeness (QED) is 0.788. The normalized spacial score (nSPS) is 13.3. The smallest absolute Gasteiger partial charge is 0.0409 e. The van der Waals surface area contributed by atoms with Gasteiger partial charge in [-0.25, -0.2) is 0 Å². The molecule has 0 amide bonds. The number of nitrogens with one attached hydrogen (secondary N) is 1. The predicted octanol–water partition coefficient (Wildman–Crippen LogP) is 4.28. The van der Waals surface area contributed by atoms with Crippen molar-refractivity contribution in [1.82, 2.24) is 0 Å². The maximum Gasteiger partial charge on any atom is 0.0409 e. The van der Waals surface area contributed by atoms with Gasteiger partial charge in [0.2, 0.25) is 0 Å². The van der Waals surface area contributed by atoms with Gasteiger partial charge in [-0.3, -0.25) is 0 Å². The van der Waals surface area contributed by atoms with E-state index in [-0.39, 0.29) is 0 Å². The van der Waals surface area contributed by atoms with E-state index in [9.17, 15) is 0 Å². The lowest BCUT2D eigenvalue weighted by Gasteiger charge is -2.08. The minimum Gasteiger partial charge on any atom is -0.384 e. The molecule has 0 unspecified atom stereocenters. The molecule has 2 heteroatoms. The van der Waals surface area contributed by atoms with Crippen LogP contribution in [0.2, 0.25) is 5.02 Å². The summed E-state index contributed by atoms with van der Waals surface area (Å²) in [5.74, 6) is 0. The van der Waals surface area contributed by atoms with Crippen molar-refractivity contribution in [3.63, 3.8) is 0 Å². The van der Waals surface area contributed by atoms with Crippen LogP contribution in [0.4, 0.5) is 5.69 Å². The van der Waals surface area contributed by atoms with Gasteiger partial charge in [-0.1, -0.05) is 23.7 Å². The van der Waals surface area contributed by atoms with Crippen molar-refractivity contribution < 1.29 is 0 Å². The highest BCUT2D eigenvalue weighted by molar-refractivity contribution is 6.30. The third-order valence-electron chi connectivity index (χ3n) is 3.31. The Morgan fingerprint density at radius 3 is 2.82 bits per heavy atom. The summed E-state index contributed by atoms with van der Waals surface area (Å²) in [5.41, 5.74) is 6.46. The Balaban J connectivity index is 2.09. The summed E-state index contributed by atoms with van der Waals surface area (Å²) in [6, 6.07) is 12.7. The predicted molar refractivity (Wildman–Crippen MR) is 73.8 cm³/mol. The van der Waals surface area contributed by atoms with Crippen molar-refractivity contribution >= 4 is 17.3 Å². The molecule has 3 rings (SSSR count). The molecule has 0 aliphatic carbocycles. The Hall–Kier alpha value is -1.47. The third-order valence-corrected chi connectivity index (χ3v) is 3.55. The van der Waals surface area contributed by atoms with E-state index in [1.807, 2.05) is 12.1 Å². The fraction of sp³-hybridized carbons (Fsp3) is 0.200. The second kappa shape index (κ2) is 4.08. The first-order valence-electron chi connectivity index (χ1n) is 5.87. The van der Waals surface area contributed by atoms with Crippen molar-refractivity contribution in [2.24, 2.45) is 0 Å². The van der Waals surface area contributed by atoms with Crippen LogP contribution in [-0.4, -0.2) is 6.54 Å². The molecule has 1 heterocycles. The van der Waals surface area contributed by atoms with Gasteiger partial charge in [-0.2, -0.15) is 0 Å². The molecule has 17 heavy (non-hydrogen) atoms. The molecular weight excluding hydrogens is 230 g/mol. The van der Waals surface area contributed by atoms with Gasteiger partial charge in [-0.05, 0) is 59.9 Å². The average molecular weight is 244 g/mol. The number of hydrogen-bond donors (Lipinski definition) is 1. The lowest BCUT2D eigenvalue weighted by Crippen LogP contribution is -1.90. The monoisotopic (exact) mass is 243 g/mol. The molecule has 0 spiro atoms. The average Bonchev–Trinajstić information content (AvgIpc) is 2.75. The van der Waals surface area contributed by atoms with Gasteiger partial charge in [0.25, 0.3) is 0 Å². The van der Waals surface area contributed by atoms with Gasteiger partial charge in [0, 0.05) is 17.3 Å². The van der Waals surface area contributed by atoms with Gasteiger partial charge < -0.3 is 5.32 Å². The Kier molecular flexibility index (Phi) is 2.56. The third kappa shape index (κ3) is 1.91. The van der Waals surface area contributed by atoms with E-state index in [4.69, 9.17) is 11.6 Å². The zero-order valence-electron chi connectivity index (χ0n) is 9.76. The van der Waals surface area contributed by atoms with E-state index in [1.54, 1.807) is 0 Å². The van der Waals surface area contributed by atoms with Crippen LogP contribution in [0.1, 0.15) is 11.1 Å². The van der Waals surface area contributed by atoms with E-state index < -0.39 is 0 Å². The molecule has 0 saturated carbocycles. The summed E-state index contributed by atoms with van der Waals surface area (Å²) < 4.78 is 0. The van der Waals surface area contributed by atoms with E-state index in [0.717, 1.165) is 18.0 Å². The van der Waals surface area contributed by atoms with Crippen LogP contribution < -0.4 is 5.32 Å². The first kappa shape index (κ1) is 10.7. The van der Waals surface area contributed by atoms with E-state index >= 15 is 0 Å². The first-order chi connectivity index (χ1) is 8.24. The zero-order chi connectivity index (χ0) is 11.8. The van der Waals surface area contributed by atoms with Gasteiger partial charge in [0.05, 0.1) is 0 Å². The van der Waals surface area contributed by atoms with Crippen molar-refractivity contribution in [1.29, 1.82) is 0 Å². The Bertz CT molecular complexity index is 575. The molecule has 2 aromatic carbocycles. The Labute approximate surface area is 106 Å². The van der Waals surface area contributed by atoms with Gasteiger partial charge in [0.15, 0.2) is 0 Å². The van der Waals surface area contributed by atoms with Crippen molar-refractivity contribution in [3.05, 3.63) is 52.5 Å². The molecule has 1 aliphatic rings. The molecule has 0 aromatic heterocycles. The van der Waals surface area contributed by atoms with Gasteiger partial charge in [-0.15, -0.1) is 0 Å². The topological polar surface area (TPSA) is 12.0 Å². The van der Waals surface area contributed by atoms with Crippen LogP contribution in [0.25, 0.3) is 11.1 Å². The Morgan fingerprint density at radius 2 is 2.00 bits per heavy atom. The maximum absolute atomic E-state index is 5.99. The molecule has 1 nitrogen and oxygen atoms in total. The van der Waals surface area contributed by atoms with E-state index in [1.165, 1.54) is 27.9 Å². The zero-order valence-corrected chi connectivity index (χ0v) is 10.5. The summed E-state index contributed by atoms with van der Waals surface area (Å²) >= 11 is 5.99.